The van der Waals surface area contributed by atoms with E-state index in [0.29, 0.717) is 26.1 Å². The van der Waals surface area contributed by atoms with Crippen molar-refractivity contribution in [3.05, 3.63) is 30.1 Å². The van der Waals surface area contributed by atoms with Crippen LogP contribution < -0.4 is 4.74 Å². The van der Waals surface area contributed by atoms with Crippen LogP contribution in [0.15, 0.2) is 24.3 Å². The number of unbranched alkanes of at least 4 members (excludes halogenated alkanes) is 1. The summed E-state index contributed by atoms with van der Waals surface area (Å²) in [5.74, 6) is 0.175. The highest BCUT2D eigenvalue weighted by molar-refractivity contribution is 7.89. The molecule has 1 aromatic rings. The molecule has 0 bridgehead atoms. The van der Waals surface area contributed by atoms with Crippen molar-refractivity contribution in [3.63, 3.8) is 0 Å². The lowest BCUT2D eigenvalue weighted by Gasteiger charge is -2.31. The summed E-state index contributed by atoms with van der Waals surface area (Å²) in [6.07, 6.45) is 3.30. The normalized spacial score (nSPS) is 20.0. The van der Waals surface area contributed by atoms with Gasteiger partial charge in [-0.05, 0) is 31.4 Å². The van der Waals surface area contributed by atoms with Gasteiger partial charge in [0.05, 0.1) is 12.4 Å². The molecule has 0 saturated carbocycles. The number of halogens is 1. The van der Waals surface area contributed by atoms with Crippen LogP contribution in [-0.2, 0) is 10.0 Å². The van der Waals surface area contributed by atoms with Crippen molar-refractivity contribution in [2.24, 2.45) is 5.92 Å². The molecule has 2 rings (SSSR count). The predicted molar refractivity (Wildman–Crippen MR) is 84.9 cm³/mol. The van der Waals surface area contributed by atoms with Crippen LogP contribution >= 0.6 is 0 Å². The zero-order valence-corrected chi connectivity index (χ0v) is 13.8. The zero-order chi connectivity index (χ0) is 16.0. The lowest BCUT2D eigenvalue weighted by Crippen LogP contribution is -2.42. The maximum atomic E-state index is 13.5. The van der Waals surface area contributed by atoms with Crippen LogP contribution in [0.2, 0.25) is 0 Å². The second-order valence-electron chi connectivity index (χ2n) is 5.78. The van der Waals surface area contributed by atoms with E-state index in [1.165, 1.54) is 6.07 Å². The van der Waals surface area contributed by atoms with Gasteiger partial charge in [-0.15, -0.1) is 0 Å². The van der Waals surface area contributed by atoms with Gasteiger partial charge in [-0.1, -0.05) is 25.5 Å². The number of rotatable bonds is 7. The van der Waals surface area contributed by atoms with Gasteiger partial charge >= 0.3 is 0 Å². The van der Waals surface area contributed by atoms with Crippen LogP contribution in [0.5, 0.6) is 5.75 Å². The third-order valence-corrected chi connectivity index (χ3v) is 5.87. The second kappa shape index (κ2) is 7.92. The fourth-order valence-corrected chi connectivity index (χ4v) is 4.40. The topological polar surface area (TPSA) is 46.6 Å². The molecule has 0 spiro atoms. The fraction of sp³-hybridized carbons (Fsp3) is 0.625. The van der Waals surface area contributed by atoms with Crippen molar-refractivity contribution in [3.8, 4) is 5.75 Å². The maximum Gasteiger partial charge on any atom is 0.214 e. The van der Waals surface area contributed by atoms with E-state index in [1.54, 1.807) is 22.5 Å². The number of hydrogen-bond acceptors (Lipinski definition) is 3. The van der Waals surface area contributed by atoms with E-state index in [0.717, 1.165) is 19.3 Å². The average Bonchev–Trinajstić information content (AvgIpc) is 2.52. The van der Waals surface area contributed by atoms with Gasteiger partial charge in [0, 0.05) is 19.0 Å². The summed E-state index contributed by atoms with van der Waals surface area (Å²) in [4.78, 5) is 0. The van der Waals surface area contributed by atoms with E-state index in [9.17, 15) is 12.8 Å². The molecule has 22 heavy (non-hydrogen) atoms. The first kappa shape index (κ1) is 17.2. The highest BCUT2D eigenvalue weighted by atomic mass is 32.2. The monoisotopic (exact) mass is 329 g/mol. The van der Waals surface area contributed by atoms with Crippen molar-refractivity contribution in [2.45, 2.75) is 32.6 Å². The Labute approximate surface area is 132 Å². The summed E-state index contributed by atoms with van der Waals surface area (Å²) in [5, 5.41) is 0. The summed E-state index contributed by atoms with van der Waals surface area (Å²) in [5.41, 5.74) is 0. The third kappa shape index (κ3) is 4.68. The Morgan fingerprint density at radius 1 is 1.36 bits per heavy atom. The van der Waals surface area contributed by atoms with Gasteiger partial charge in [-0.2, -0.15) is 0 Å². The molecule has 124 valence electrons. The van der Waals surface area contributed by atoms with Gasteiger partial charge < -0.3 is 4.74 Å². The summed E-state index contributed by atoms with van der Waals surface area (Å²) in [7, 11) is -3.17. The number of sulfonamides is 1. The number of piperidine rings is 1. The van der Waals surface area contributed by atoms with Gasteiger partial charge in [0.25, 0.3) is 0 Å². The van der Waals surface area contributed by atoms with Crippen molar-refractivity contribution in [2.75, 3.05) is 25.4 Å². The van der Waals surface area contributed by atoms with Crippen molar-refractivity contribution in [1.82, 2.24) is 4.31 Å². The van der Waals surface area contributed by atoms with Gasteiger partial charge in [0.1, 0.15) is 0 Å². The van der Waals surface area contributed by atoms with E-state index >= 15 is 0 Å². The summed E-state index contributed by atoms with van der Waals surface area (Å²) < 4.78 is 45.1. The molecule has 1 unspecified atom stereocenters. The zero-order valence-electron chi connectivity index (χ0n) is 13.0. The molecule has 4 nitrogen and oxygen atoms in total. The molecule has 0 amide bonds. The smallest absolute Gasteiger partial charge is 0.214 e. The Bertz CT molecular complexity index is 577. The molecule has 1 aliphatic rings. The van der Waals surface area contributed by atoms with Crippen LogP contribution in [0.3, 0.4) is 0 Å². The van der Waals surface area contributed by atoms with E-state index in [4.69, 9.17) is 4.74 Å². The molecule has 1 fully saturated rings. The highest BCUT2D eigenvalue weighted by Crippen LogP contribution is 2.22. The third-order valence-electron chi connectivity index (χ3n) is 3.94. The molecule has 6 heteroatoms. The van der Waals surface area contributed by atoms with Crippen molar-refractivity contribution in [1.29, 1.82) is 0 Å². The summed E-state index contributed by atoms with van der Waals surface area (Å²) >= 11 is 0. The molecule has 0 aliphatic carbocycles. The van der Waals surface area contributed by atoms with Crippen LogP contribution in [0, 0.1) is 11.7 Å². The van der Waals surface area contributed by atoms with Crippen LogP contribution in [-0.4, -0.2) is 38.2 Å². The molecular weight excluding hydrogens is 305 g/mol. The number of benzene rings is 1. The van der Waals surface area contributed by atoms with Crippen LogP contribution in [0.25, 0.3) is 0 Å². The molecule has 1 aliphatic heterocycles. The quantitative estimate of drug-likeness (QED) is 0.772. The minimum atomic E-state index is -3.17. The maximum absolute atomic E-state index is 13.5. The minimum Gasteiger partial charge on any atom is -0.490 e. The van der Waals surface area contributed by atoms with E-state index in [-0.39, 0.29) is 23.2 Å². The van der Waals surface area contributed by atoms with Crippen LogP contribution in [0.1, 0.15) is 32.6 Å². The number of para-hydroxylation sites is 1. The van der Waals surface area contributed by atoms with E-state index in [2.05, 4.69) is 0 Å². The van der Waals surface area contributed by atoms with Gasteiger partial charge in [0.15, 0.2) is 11.6 Å². The standard InChI is InChI=1S/C16H24FNO3S/c1-2-3-11-22(19,20)18-10-6-7-14(12-18)13-21-16-9-5-4-8-15(16)17/h4-5,8-9,14H,2-3,6-7,10-13H2,1H3. The molecule has 0 aromatic heterocycles. The van der Waals surface area contributed by atoms with E-state index < -0.39 is 10.0 Å². The Hall–Kier alpha value is -1.14. The largest absolute Gasteiger partial charge is 0.490 e. The minimum absolute atomic E-state index is 0.116. The Morgan fingerprint density at radius 2 is 2.14 bits per heavy atom. The molecular formula is C16H24FNO3S. The lowest BCUT2D eigenvalue weighted by molar-refractivity contribution is 0.176. The summed E-state index contributed by atoms with van der Waals surface area (Å²) in [6.45, 7) is 3.39. The van der Waals surface area contributed by atoms with Crippen molar-refractivity contribution < 1.29 is 17.5 Å². The van der Waals surface area contributed by atoms with Gasteiger partial charge in [-0.25, -0.2) is 17.1 Å². The molecule has 0 radical (unpaired) electrons. The number of nitrogens with zero attached hydrogens (tertiary/aromatic N) is 1. The Morgan fingerprint density at radius 3 is 2.86 bits per heavy atom. The SMILES string of the molecule is CCCCS(=O)(=O)N1CCCC(COc2ccccc2F)C1. The first-order valence-electron chi connectivity index (χ1n) is 7.88. The lowest BCUT2D eigenvalue weighted by atomic mass is 10.0. The van der Waals surface area contributed by atoms with Gasteiger partial charge in [-0.3, -0.25) is 0 Å². The van der Waals surface area contributed by atoms with E-state index in [1.807, 2.05) is 6.92 Å². The summed E-state index contributed by atoms with van der Waals surface area (Å²) in [6, 6.07) is 6.29. The molecule has 1 aromatic carbocycles. The molecule has 1 atom stereocenters. The Kier molecular flexibility index (Phi) is 6.20. The molecule has 1 heterocycles. The van der Waals surface area contributed by atoms with Gasteiger partial charge in [0.2, 0.25) is 10.0 Å². The van der Waals surface area contributed by atoms with Crippen LogP contribution in [0.4, 0.5) is 4.39 Å². The molecule has 1 saturated heterocycles. The fourth-order valence-electron chi connectivity index (χ4n) is 2.64. The Balaban J connectivity index is 1.89. The number of ether oxygens (including phenoxy) is 1. The highest BCUT2D eigenvalue weighted by Gasteiger charge is 2.28. The first-order valence-corrected chi connectivity index (χ1v) is 9.49. The molecule has 0 N–H and O–H groups in total. The average molecular weight is 329 g/mol. The van der Waals surface area contributed by atoms with Crippen molar-refractivity contribution >= 4 is 10.0 Å². The number of hydrogen-bond donors (Lipinski definition) is 0. The predicted octanol–water partition coefficient (Wildman–Crippen LogP) is 3.05. The first-order chi connectivity index (χ1) is 10.5. The second-order valence-corrected chi connectivity index (χ2v) is 7.87.